The van der Waals surface area contributed by atoms with Gasteiger partial charge in [0.05, 0.1) is 11.4 Å². The molecule has 0 fully saturated rings. The molecule has 0 spiro atoms. The van der Waals surface area contributed by atoms with Gasteiger partial charge in [-0.25, -0.2) is 4.98 Å². The SMILES string of the molecule is Cc1nc(C(=O)NC(CC(=O)O)C(C)C)cs1. The summed E-state index contributed by atoms with van der Waals surface area (Å²) < 4.78 is 0. The number of rotatable bonds is 5. The minimum Gasteiger partial charge on any atom is -0.481 e. The Hall–Kier alpha value is -1.43. The summed E-state index contributed by atoms with van der Waals surface area (Å²) in [5.41, 5.74) is 0.350. The maximum atomic E-state index is 11.8. The normalized spacial score (nSPS) is 12.5. The first kappa shape index (κ1) is 13.6. The number of carboxylic acid groups (broad SMARTS) is 1. The van der Waals surface area contributed by atoms with E-state index < -0.39 is 5.97 Å². The molecule has 2 N–H and O–H groups in total. The number of hydrogen-bond acceptors (Lipinski definition) is 4. The van der Waals surface area contributed by atoms with Gasteiger partial charge in [0.1, 0.15) is 5.69 Å². The molecular weight excluding hydrogens is 240 g/mol. The first-order valence-electron chi connectivity index (χ1n) is 5.35. The van der Waals surface area contributed by atoms with Gasteiger partial charge in [-0.1, -0.05) is 13.8 Å². The van der Waals surface area contributed by atoms with Gasteiger partial charge in [0.2, 0.25) is 0 Å². The lowest BCUT2D eigenvalue weighted by Crippen LogP contribution is -2.40. The number of nitrogens with zero attached hydrogens (tertiary/aromatic N) is 1. The summed E-state index contributed by atoms with van der Waals surface area (Å²) in [6, 6.07) is -0.373. The van der Waals surface area contributed by atoms with Crippen LogP contribution in [0.25, 0.3) is 0 Å². The van der Waals surface area contributed by atoms with E-state index in [9.17, 15) is 9.59 Å². The quantitative estimate of drug-likeness (QED) is 0.840. The van der Waals surface area contributed by atoms with Crippen molar-refractivity contribution in [2.75, 3.05) is 0 Å². The van der Waals surface area contributed by atoms with Crippen LogP contribution in [0.3, 0.4) is 0 Å². The van der Waals surface area contributed by atoms with Gasteiger partial charge in [-0.15, -0.1) is 11.3 Å². The van der Waals surface area contributed by atoms with Crippen LogP contribution < -0.4 is 5.32 Å². The topological polar surface area (TPSA) is 79.3 Å². The summed E-state index contributed by atoms with van der Waals surface area (Å²) in [5.74, 6) is -1.16. The molecular formula is C11H16N2O3S. The molecule has 5 nitrogen and oxygen atoms in total. The fourth-order valence-electron chi connectivity index (χ4n) is 1.35. The van der Waals surface area contributed by atoms with Crippen molar-refractivity contribution in [2.45, 2.75) is 33.2 Å². The maximum Gasteiger partial charge on any atom is 0.305 e. The predicted molar refractivity (Wildman–Crippen MR) is 65.2 cm³/mol. The van der Waals surface area contributed by atoms with E-state index in [1.165, 1.54) is 11.3 Å². The van der Waals surface area contributed by atoms with Crippen molar-refractivity contribution < 1.29 is 14.7 Å². The number of nitrogens with one attached hydrogen (secondary N) is 1. The molecule has 1 atom stereocenters. The highest BCUT2D eigenvalue weighted by molar-refractivity contribution is 7.09. The second-order valence-corrected chi connectivity index (χ2v) is 5.24. The zero-order valence-electron chi connectivity index (χ0n) is 10.1. The van der Waals surface area contributed by atoms with Gasteiger partial charge in [0, 0.05) is 11.4 Å². The van der Waals surface area contributed by atoms with Crippen LogP contribution >= 0.6 is 11.3 Å². The molecule has 1 aromatic rings. The minimum atomic E-state index is -0.918. The van der Waals surface area contributed by atoms with Gasteiger partial charge in [-0.05, 0) is 12.8 Å². The van der Waals surface area contributed by atoms with Crippen LogP contribution in [0.1, 0.15) is 35.8 Å². The molecule has 1 heterocycles. The van der Waals surface area contributed by atoms with E-state index in [4.69, 9.17) is 5.11 Å². The number of aryl methyl sites for hydroxylation is 1. The number of carbonyl (C=O) groups excluding carboxylic acids is 1. The van der Waals surface area contributed by atoms with E-state index >= 15 is 0 Å². The molecule has 0 saturated heterocycles. The fraction of sp³-hybridized carbons (Fsp3) is 0.545. The average molecular weight is 256 g/mol. The second kappa shape index (κ2) is 5.77. The number of carbonyl (C=O) groups is 2. The first-order chi connectivity index (χ1) is 7.90. The molecule has 0 aliphatic rings. The smallest absolute Gasteiger partial charge is 0.305 e. The summed E-state index contributed by atoms with van der Waals surface area (Å²) in [6.45, 7) is 5.57. The molecule has 6 heteroatoms. The number of aliphatic carboxylic acids is 1. The van der Waals surface area contributed by atoms with Crippen molar-refractivity contribution in [1.29, 1.82) is 0 Å². The molecule has 1 amide bonds. The lowest BCUT2D eigenvalue weighted by Gasteiger charge is -2.19. The van der Waals surface area contributed by atoms with Gasteiger partial charge in [0.15, 0.2) is 0 Å². The molecule has 17 heavy (non-hydrogen) atoms. The minimum absolute atomic E-state index is 0.0646. The van der Waals surface area contributed by atoms with Crippen molar-refractivity contribution in [3.63, 3.8) is 0 Å². The van der Waals surface area contributed by atoms with Gasteiger partial charge >= 0.3 is 5.97 Å². The summed E-state index contributed by atoms with van der Waals surface area (Å²) in [6.07, 6.45) is -0.0769. The molecule has 0 aliphatic carbocycles. The molecule has 0 saturated carbocycles. The first-order valence-corrected chi connectivity index (χ1v) is 6.23. The number of hydrogen-bond donors (Lipinski definition) is 2. The van der Waals surface area contributed by atoms with E-state index in [2.05, 4.69) is 10.3 Å². The Labute approximate surface area is 104 Å². The average Bonchev–Trinajstić information content (AvgIpc) is 2.63. The third-order valence-corrected chi connectivity index (χ3v) is 3.14. The fourth-order valence-corrected chi connectivity index (χ4v) is 1.94. The molecule has 1 unspecified atom stereocenters. The van der Waals surface area contributed by atoms with Crippen LogP contribution in [0.4, 0.5) is 0 Å². The predicted octanol–water partition coefficient (Wildman–Crippen LogP) is 1.68. The monoisotopic (exact) mass is 256 g/mol. The van der Waals surface area contributed by atoms with E-state index in [1.54, 1.807) is 5.38 Å². The third kappa shape index (κ3) is 4.14. The third-order valence-electron chi connectivity index (χ3n) is 2.37. The Morgan fingerprint density at radius 2 is 2.18 bits per heavy atom. The highest BCUT2D eigenvalue weighted by atomic mass is 32.1. The summed E-state index contributed by atoms with van der Waals surface area (Å²) in [4.78, 5) is 26.5. The van der Waals surface area contributed by atoms with Gasteiger partial charge in [0.25, 0.3) is 5.91 Å². The Bertz CT molecular complexity index is 415. The largest absolute Gasteiger partial charge is 0.481 e. The summed E-state index contributed by atoms with van der Waals surface area (Å²) >= 11 is 1.39. The van der Waals surface area contributed by atoms with Gasteiger partial charge < -0.3 is 10.4 Å². The van der Waals surface area contributed by atoms with Crippen molar-refractivity contribution in [1.82, 2.24) is 10.3 Å². The molecule has 0 aromatic carbocycles. The molecule has 0 aliphatic heterocycles. The van der Waals surface area contributed by atoms with Crippen LogP contribution in [0.2, 0.25) is 0 Å². The zero-order valence-corrected chi connectivity index (χ0v) is 10.9. The number of aromatic nitrogens is 1. The number of carboxylic acids is 1. The van der Waals surface area contributed by atoms with Gasteiger partial charge in [-0.2, -0.15) is 0 Å². The number of thiazole rings is 1. The maximum absolute atomic E-state index is 11.8. The summed E-state index contributed by atoms with van der Waals surface area (Å²) in [7, 11) is 0. The summed E-state index contributed by atoms with van der Waals surface area (Å²) in [5, 5.41) is 13.9. The zero-order chi connectivity index (χ0) is 13.0. The Morgan fingerprint density at radius 3 is 2.59 bits per heavy atom. The second-order valence-electron chi connectivity index (χ2n) is 4.17. The van der Waals surface area contributed by atoms with Crippen LogP contribution in [0.5, 0.6) is 0 Å². The van der Waals surface area contributed by atoms with Crippen molar-refractivity contribution >= 4 is 23.2 Å². The van der Waals surface area contributed by atoms with Gasteiger partial charge in [-0.3, -0.25) is 9.59 Å². The molecule has 0 radical (unpaired) electrons. The Balaban J connectivity index is 2.67. The molecule has 94 valence electrons. The highest BCUT2D eigenvalue weighted by Crippen LogP contribution is 2.11. The van der Waals surface area contributed by atoms with Crippen LogP contribution in [0.15, 0.2) is 5.38 Å². The van der Waals surface area contributed by atoms with Crippen molar-refractivity contribution in [2.24, 2.45) is 5.92 Å². The van der Waals surface area contributed by atoms with Crippen LogP contribution in [-0.2, 0) is 4.79 Å². The molecule has 1 aromatic heterocycles. The van der Waals surface area contributed by atoms with E-state index in [1.807, 2.05) is 20.8 Å². The molecule has 0 bridgehead atoms. The van der Waals surface area contributed by atoms with E-state index in [-0.39, 0.29) is 24.3 Å². The van der Waals surface area contributed by atoms with Crippen molar-refractivity contribution in [3.8, 4) is 0 Å². The number of amides is 1. The molecule has 1 rings (SSSR count). The van der Waals surface area contributed by atoms with Crippen molar-refractivity contribution in [3.05, 3.63) is 16.1 Å². The Kier molecular flexibility index (Phi) is 4.62. The van der Waals surface area contributed by atoms with E-state index in [0.717, 1.165) is 5.01 Å². The lowest BCUT2D eigenvalue weighted by molar-refractivity contribution is -0.137. The highest BCUT2D eigenvalue weighted by Gasteiger charge is 2.21. The standard InChI is InChI=1S/C11H16N2O3S/c1-6(2)8(4-10(14)15)13-11(16)9-5-17-7(3)12-9/h5-6,8H,4H2,1-3H3,(H,13,16)(H,14,15). The van der Waals surface area contributed by atoms with E-state index in [0.29, 0.717) is 5.69 Å². The Morgan fingerprint density at radius 1 is 1.53 bits per heavy atom. The lowest BCUT2D eigenvalue weighted by atomic mass is 10.0. The van der Waals surface area contributed by atoms with Crippen LogP contribution in [-0.4, -0.2) is 28.0 Å². The van der Waals surface area contributed by atoms with Crippen LogP contribution in [0, 0.1) is 12.8 Å².